The number of nitrogens with zero attached hydrogens (tertiary/aromatic N) is 3. The van der Waals surface area contributed by atoms with Crippen molar-refractivity contribution >= 4 is 5.69 Å². The highest BCUT2D eigenvalue weighted by atomic mass is 15.3. The smallest absolute Gasteiger partial charge is 0.137 e. The molecule has 0 amide bonds. The highest BCUT2D eigenvalue weighted by Crippen LogP contribution is 2.25. The number of aromatic nitrogens is 3. The summed E-state index contributed by atoms with van der Waals surface area (Å²) in [6.45, 7) is 3.16. The van der Waals surface area contributed by atoms with Gasteiger partial charge in [0.15, 0.2) is 0 Å². The summed E-state index contributed by atoms with van der Waals surface area (Å²) in [5.41, 5.74) is 3.80. The fourth-order valence-corrected chi connectivity index (χ4v) is 2.31. The summed E-state index contributed by atoms with van der Waals surface area (Å²) in [5.74, 6) is 1.00. The van der Waals surface area contributed by atoms with E-state index in [1.54, 1.807) is 6.33 Å². The summed E-state index contributed by atoms with van der Waals surface area (Å²) in [6.07, 6.45) is 5.07. The zero-order chi connectivity index (χ0) is 11.7. The van der Waals surface area contributed by atoms with Crippen LogP contribution in [0.3, 0.4) is 0 Å². The first-order valence-electron chi connectivity index (χ1n) is 6.14. The molecule has 1 N–H and O–H groups in total. The molecule has 0 bridgehead atoms. The van der Waals surface area contributed by atoms with Gasteiger partial charge in [0.05, 0.1) is 5.69 Å². The molecular formula is C13H16N4. The van der Waals surface area contributed by atoms with Crippen LogP contribution in [0.2, 0.25) is 0 Å². The van der Waals surface area contributed by atoms with E-state index < -0.39 is 0 Å². The van der Waals surface area contributed by atoms with Crippen molar-refractivity contribution < 1.29 is 0 Å². The van der Waals surface area contributed by atoms with Crippen molar-refractivity contribution in [2.24, 2.45) is 0 Å². The molecule has 1 aliphatic heterocycles. The number of rotatable bonds is 2. The van der Waals surface area contributed by atoms with Gasteiger partial charge in [-0.3, -0.25) is 4.57 Å². The van der Waals surface area contributed by atoms with Crippen LogP contribution in [0.15, 0.2) is 24.5 Å². The first kappa shape index (κ1) is 10.3. The second-order valence-corrected chi connectivity index (χ2v) is 4.34. The van der Waals surface area contributed by atoms with E-state index >= 15 is 0 Å². The maximum atomic E-state index is 4.12. The maximum absolute atomic E-state index is 4.12. The number of hydrogen-bond acceptors (Lipinski definition) is 3. The molecule has 2 aromatic rings. The van der Waals surface area contributed by atoms with Crippen molar-refractivity contribution in [2.45, 2.75) is 26.2 Å². The highest BCUT2D eigenvalue weighted by molar-refractivity contribution is 5.58. The van der Waals surface area contributed by atoms with Gasteiger partial charge >= 0.3 is 0 Å². The molecule has 0 spiro atoms. The van der Waals surface area contributed by atoms with Crippen molar-refractivity contribution in [1.82, 2.24) is 14.8 Å². The number of anilines is 1. The standard InChI is InChI=1S/C13H16N4/c1-2-13-16-15-9-17(13)11-6-5-10-4-3-7-14-12(10)8-11/h5-6,8-9,14H,2-4,7H2,1H3. The van der Waals surface area contributed by atoms with Crippen LogP contribution in [0.4, 0.5) is 5.69 Å². The van der Waals surface area contributed by atoms with Crippen LogP contribution in [0, 0.1) is 0 Å². The summed E-state index contributed by atoms with van der Waals surface area (Å²) in [7, 11) is 0. The molecule has 0 fully saturated rings. The van der Waals surface area contributed by atoms with Crippen LogP contribution < -0.4 is 5.32 Å². The zero-order valence-corrected chi connectivity index (χ0v) is 9.98. The molecule has 4 nitrogen and oxygen atoms in total. The normalized spacial score (nSPS) is 14.2. The molecule has 4 heteroatoms. The molecule has 0 saturated heterocycles. The zero-order valence-electron chi connectivity index (χ0n) is 9.98. The third-order valence-corrected chi connectivity index (χ3v) is 3.24. The number of aryl methyl sites for hydroxylation is 2. The SMILES string of the molecule is CCc1nncn1-c1ccc2c(c1)NCCC2. The summed E-state index contributed by atoms with van der Waals surface area (Å²) in [4.78, 5) is 0. The predicted molar refractivity (Wildman–Crippen MR) is 67.5 cm³/mol. The first-order valence-corrected chi connectivity index (χ1v) is 6.14. The van der Waals surface area contributed by atoms with Gasteiger partial charge in [-0.05, 0) is 30.5 Å². The largest absolute Gasteiger partial charge is 0.385 e. The minimum Gasteiger partial charge on any atom is -0.385 e. The van der Waals surface area contributed by atoms with Crippen molar-refractivity contribution in [3.8, 4) is 5.69 Å². The van der Waals surface area contributed by atoms with E-state index in [9.17, 15) is 0 Å². The Kier molecular flexibility index (Phi) is 2.55. The van der Waals surface area contributed by atoms with Gasteiger partial charge < -0.3 is 5.32 Å². The van der Waals surface area contributed by atoms with E-state index in [1.165, 1.54) is 24.1 Å². The van der Waals surface area contributed by atoms with Gasteiger partial charge in [0, 0.05) is 18.7 Å². The topological polar surface area (TPSA) is 42.7 Å². The Morgan fingerprint density at radius 3 is 3.24 bits per heavy atom. The Labute approximate surface area is 101 Å². The molecule has 1 aliphatic rings. The first-order chi connectivity index (χ1) is 8.38. The predicted octanol–water partition coefficient (Wildman–Crippen LogP) is 2.19. The molecule has 17 heavy (non-hydrogen) atoms. The lowest BCUT2D eigenvalue weighted by Crippen LogP contribution is -2.12. The lowest BCUT2D eigenvalue weighted by atomic mass is 10.0. The summed E-state index contributed by atoms with van der Waals surface area (Å²) >= 11 is 0. The Morgan fingerprint density at radius 1 is 1.41 bits per heavy atom. The molecule has 1 aromatic carbocycles. The fraction of sp³-hybridized carbons (Fsp3) is 0.385. The minimum atomic E-state index is 0.893. The van der Waals surface area contributed by atoms with Crippen molar-refractivity contribution in [1.29, 1.82) is 0 Å². The van der Waals surface area contributed by atoms with Gasteiger partial charge in [0.25, 0.3) is 0 Å². The van der Waals surface area contributed by atoms with Gasteiger partial charge in [-0.2, -0.15) is 0 Å². The molecule has 0 radical (unpaired) electrons. The van der Waals surface area contributed by atoms with Crippen LogP contribution in [-0.4, -0.2) is 21.3 Å². The number of hydrogen-bond donors (Lipinski definition) is 1. The van der Waals surface area contributed by atoms with Crippen LogP contribution in [0.5, 0.6) is 0 Å². The van der Waals surface area contributed by atoms with Gasteiger partial charge in [-0.1, -0.05) is 13.0 Å². The molecule has 1 aromatic heterocycles. The third-order valence-electron chi connectivity index (χ3n) is 3.24. The molecule has 2 heterocycles. The van der Waals surface area contributed by atoms with Gasteiger partial charge in [0.1, 0.15) is 12.2 Å². The van der Waals surface area contributed by atoms with Crippen LogP contribution >= 0.6 is 0 Å². The summed E-state index contributed by atoms with van der Waals surface area (Å²) in [6, 6.07) is 6.54. The Balaban J connectivity index is 2.04. The van der Waals surface area contributed by atoms with Gasteiger partial charge in [0.2, 0.25) is 0 Å². The molecule has 0 saturated carbocycles. The van der Waals surface area contributed by atoms with E-state index in [4.69, 9.17) is 0 Å². The Bertz CT molecular complexity index is 530. The Hall–Kier alpha value is -1.84. The molecule has 3 rings (SSSR count). The van der Waals surface area contributed by atoms with Crippen LogP contribution in [-0.2, 0) is 12.8 Å². The van der Waals surface area contributed by atoms with E-state index in [0.717, 1.165) is 24.5 Å². The van der Waals surface area contributed by atoms with E-state index in [1.807, 2.05) is 0 Å². The summed E-state index contributed by atoms with van der Waals surface area (Å²) in [5, 5.41) is 11.5. The lowest BCUT2D eigenvalue weighted by Gasteiger charge is -2.19. The number of nitrogens with one attached hydrogen (secondary N) is 1. The Morgan fingerprint density at radius 2 is 2.35 bits per heavy atom. The second-order valence-electron chi connectivity index (χ2n) is 4.34. The van der Waals surface area contributed by atoms with E-state index in [2.05, 4.69) is 45.2 Å². The van der Waals surface area contributed by atoms with E-state index in [-0.39, 0.29) is 0 Å². The van der Waals surface area contributed by atoms with Crippen molar-refractivity contribution in [3.05, 3.63) is 35.9 Å². The van der Waals surface area contributed by atoms with E-state index in [0.29, 0.717) is 0 Å². The highest BCUT2D eigenvalue weighted by Gasteiger charge is 2.10. The van der Waals surface area contributed by atoms with Crippen molar-refractivity contribution in [3.63, 3.8) is 0 Å². The van der Waals surface area contributed by atoms with Gasteiger partial charge in [-0.15, -0.1) is 10.2 Å². The third kappa shape index (κ3) is 1.79. The molecular weight excluding hydrogens is 212 g/mol. The van der Waals surface area contributed by atoms with Crippen LogP contribution in [0.25, 0.3) is 5.69 Å². The monoisotopic (exact) mass is 228 g/mol. The summed E-state index contributed by atoms with van der Waals surface area (Å²) < 4.78 is 2.05. The lowest BCUT2D eigenvalue weighted by molar-refractivity contribution is 0.826. The quantitative estimate of drug-likeness (QED) is 0.856. The second kappa shape index (κ2) is 4.20. The van der Waals surface area contributed by atoms with Crippen molar-refractivity contribution in [2.75, 3.05) is 11.9 Å². The average molecular weight is 228 g/mol. The molecule has 0 unspecified atom stereocenters. The molecule has 0 atom stereocenters. The fourth-order valence-electron chi connectivity index (χ4n) is 2.31. The average Bonchev–Trinajstić information content (AvgIpc) is 2.86. The number of fused-ring (bicyclic) bond motifs is 1. The number of benzene rings is 1. The van der Waals surface area contributed by atoms with Gasteiger partial charge in [-0.25, -0.2) is 0 Å². The van der Waals surface area contributed by atoms with Crippen LogP contribution in [0.1, 0.15) is 24.7 Å². The molecule has 88 valence electrons. The maximum Gasteiger partial charge on any atom is 0.137 e. The molecule has 0 aliphatic carbocycles. The minimum absolute atomic E-state index is 0.893.